The lowest BCUT2D eigenvalue weighted by Crippen LogP contribution is -2.47. The van der Waals surface area contributed by atoms with Gasteiger partial charge < -0.3 is 20.0 Å². The van der Waals surface area contributed by atoms with E-state index in [-0.39, 0.29) is 11.8 Å². The van der Waals surface area contributed by atoms with Gasteiger partial charge in [-0.1, -0.05) is 77.8 Å². The molecule has 5 nitrogen and oxygen atoms in total. The number of carbonyl (C=O) groups excluding carboxylic acids is 1. The van der Waals surface area contributed by atoms with Gasteiger partial charge in [-0.25, -0.2) is 0 Å². The molecular weight excluding hydrogens is 495 g/mol. The minimum Gasteiger partial charge on any atom is -0.391 e. The van der Waals surface area contributed by atoms with Gasteiger partial charge in [0.25, 0.3) is 5.91 Å². The summed E-state index contributed by atoms with van der Waals surface area (Å²) in [5, 5.41) is 23.4. The summed E-state index contributed by atoms with van der Waals surface area (Å²) in [6, 6.07) is 24.2. The fourth-order valence-corrected chi connectivity index (χ4v) is 5.21. The van der Waals surface area contributed by atoms with Crippen LogP contribution in [0, 0.1) is 0 Å². The quantitative estimate of drug-likeness (QED) is 0.423. The van der Waals surface area contributed by atoms with Crippen LogP contribution < -0.4 is 0 Å². The van der Waals surface area contributed by atoms with Gasteiger partial charge in [0.2, 0.25) is 0 Å². The highest BCUT2D eigenvalue weighted by Crippen LogP contribution is 2.34. The molecule has 7 heteroatoms. The first kappa shape index (κ1) is 26.6. The first-order valence-corrected chi connectivity index (χ1v) is 13.0. The fourth-order valence-electron chi connectivity index (χ4n) is 4.91. The van der Waals surface area contributed by atoms with E-state index in [9.17, 15) is 15.0 Å². The minimum absolute atomic E-state index is 0.112. The number of benzene rings is 3. The van der Waals surface area contributed by atoms with Gasteiger partial charge in [-0.2, -0.15) is 0 Å². The van der Waals surface area contributed by atoms with Crippen LogP contribution in [0.5, 0.6) is 0 Å². The van der Waals surface area contributed by atoms with Gasteiger partial charge in [-0.05, 0) is 48.2 Å². The number of halogens is 2. The molecule has 1 amide bonds. The van der Waals surface area contributed by atoms with Crippen molar-refractivity contribution in [3.05, 3.63) is 106 Å². The van der Waals surface area contributed by atoms with Crippen LogP contribution in [0.1, 0.15) is 40.2 Å². The van der Waals surface area contributed by atoms with Crippen molar-refractivity contribution in [1.29, 1.82) is 0 Å². The van der Waals surface area contributed by atoms with Crippen LogP contribution in [-0.2, 0) is 5.60 Å². The van der Waals surface area contributed by atoms with Crippen LogP contribution in [0.4, 0.5) is 0 Å². The molecule has 1 aliphatic heterocycles. The highest BCUT2D eigenvalue weighted by molar-refractivity contribution is 6.42. The predicted octanol–water partition coefficient (Wildman–Crippen LogP) is 5.19. The highest BCUT2D eigenvalue weighted by atomic mass is 35.5. The number of aliphatic hydroxyl groups is 2. The van der Waals surface area contributed by atoms with Gasteiger partial charge >= 0.3 is 0 Å². The Bertz CT molecular complexity index is 1150. The second-order valence-electron chi connectivity index (χ2n) is 9.60. The third-order valence-electron chi connectivity index (χ3n) is 7.11. The highest BCUT2D eigenvalue weighted by Gasteiger charge is 2.35. The molecule has 1 fully saturated rings. The fraction of sp³-hybridized carbons (Fsp3) is 0.345. The van der Waals surface area contributed by atoms with E-state index in [0.717, 1.165) is 11.1 Å². The Morgan fingerprint density at radius 2 is 1.58 bits per heavy atom. The second-order valence-corrected chi connectivity index (χ2v) is 10.4. The summed E-state index contributed by atoms with van der Waals surface area (Å²) in [6.07, 6.45) is 0.428. The number of amides is 1. The van der Waals surface area contributed by atoms with Gasteiger partial charge in [0.15, 0.2) is 0 Å². The molecular formula is C29H32Cl2N2O3. The van der Waals surface area contributed by atoms with Gasteiger partial charge in [-0.15, -0.1) is 0 Å². The molecule has 0 saturated carbocycles. The summed E-state index contributed by atoms with van der Waals surface area (Å²) in [5.41, 5.74) is 1.50. The van der Waals surface area contributed by atoms with Crippen LogP contribution in [0.25, 0.3) is 0 Å². The predicted molar refractivity (Wildman–Crippen MR) is 145 cm³/mol. The molecule has 0 bridgehead atoms. The summed E-state index contributed by atoms with van der Waals surface area (Å²) >= 11 is 12.4. The van der Waals surface area contributed by atoms with Crippen molar-refractivity contribution >= 4 is 29.1 Å². The molecule has 4 rings (SSSR count). The number of likely N-dealkylation sites (tertiary alicyclic amines) is 1. The van der Waals surface area contributed by atoms with Gasteiger partial charge in [0, 0.05) is 44.7 Å². The van der Waals surface area contributed by atoms with Crippen LogP contribution >= 0.6 is 23.2 Å². The first-order chi connectivity index (χ1) is 17.3. The van der Waals surface area contributed by atoms with E-state index in [1.807, 2.05) is 54.6 Å². The molecule has 0 aliphatic carbocycles. The SMILES string of the molecule is CN(C[C@H](c1ccc(Cl)c(Cl)c1)[C@@H](O)CN1CCC(O)(c2ccccc2)CC1)C(=O)c1ccccc1. The van der Waals surface area contributed by atoms with Crippen molar-refractivity contribution in [3.8, 4) is 0 Å². The standard InChI is InChI=1S/C29H32Cl2N2O3/c1-32(28(35)21-8-4-2-5-9-21)19-24(22-12-13-25(30)26(31)18-22)27(34)20-33-16-14-29(36,15-17-33)23-10-6-3-7-11-23/h2-13,18,24,27,34,36H,14-17,19-20H2,1H3/t24-,27+/m1/s1. The Hall–Kier alpha value is -2.41. The van der Waals surface area contributed by atoms with E-state index in [0.29, 0.717) is 54.6 Å². The molecule has 0 radical (unpaired) electrons. The van der Waals surface area contributed by atoms with E-state index in [1.54, 1.807) is 36.2 Å². The Morgan fingerprint density at radius 1 is 0.972 bits per heavy atom. The Morgan fingerprint density at radius 3 is 2.19 bits per heavy atom. The van der Waals surface area contributed by atoms with Crippen molar-refractivity contribution in [1.82, 2.24) is 9.80 Å². The number of piperidine rings is 1. The van der Waals surface area contributed by atoms with Crippen LogP contribution in [-0.4, -0.2) is 65.3 Å². The molecule has 1 heterocycles. The topological polar surface area (TPSA) is 64.0 Å². The summed E-state index contributed by atoms with van der Waals surface area (Å²) in [7, 11) is 1.74. The smallest absolute Gasteiger partial charge is 0.253 e. The zero-order chi connectivity index (χ0) is 25.7. The number of carbonyl (C=O) groups is 1. The van der Waals surface area contributed by atoms with Crippen LogP contribution in [0.2, 0.25) is 10.0 Å². The van der Waals surface area contributed by atoms with Crippen molar-refractivity contribution in [3.63, 3.8) is 0 Å². The van der Waals surface area contributed by atoms with E-state index in [2.05, 4.69) is 4.90 Å². The Kier molecular flexibility index (Phi) is 8.70. The van der Waals surface area contributed by atoms with Crippen molar-refractivity contribution in [2.45, 2.75) is 30.5 Å². The number of β-amino-alcohol motifs (C(OH)–C–C–N with tert-alkyl or cyclic N) is 1. The molecule has 1 aliphatic rings. The number of nitrogens with zero attached hydrogens (tertiary/aromatic N) is 2. The molecule has 2 atom stereocenters. The number of likely N-dealkylation sites (N-methyl/N-ethyl adjacent to an activating group) is 1. The van der Waals surface area contributed by atoms with Gasteiger partial charge in [-0.3, -0.25) is 4.79 Å². The van der Waals surface area contributed by atoms with Gasteiger partial charge in [0.05, 0.1) is 21.8 Å². The van der Waals surface area contributed by atoms with Gasteiger partial charge in [0.1, 0.15) is 0 Å². The third kappa shape index (κ3) is 6.28. The third-order valence-corrected chi connectivity index (χ3v) is 7.85. The molecule has 0 unspecified atom stereocenters. The number of rotatable bonds is 8. The van der Waals surface area contributed by atoms with Crippen molar-refractivity contribution in [2.24, 2.45) is 0 Å². The lowest BCUT2D eigenvalue weighted by Gasteiger charge is -2.40. The number of aliphatic hydroxyl groups excluding tert-OH is 1. The van der Waals surface area contributed by atoms with E-state index >= 15 is 0 Å². The summed E-state index contributed by atoms with van der Waals surface area (Å²) < 4.78 is 0. The Labute approximate surface area is 222 Å². The molecule has 2 N–H and O–H groups in total. The molecule has 36 heavy (non-hydrogen) atoms. The average Bonchev–Trinajstić information content (AvgIpc) is 2.90. The number of hydrogen-bond donors (Lipinski definition) is 2. The second kappa shape index (κ2) is 11.8. The van der Waals surface area contributed by atoms with Crippen LogP contribution in [0.15, 0.2) is 78.9 Å². The van der Waals surface area contributed by atoms with E-state index in [4.69, 9.17) is 23.2 Å². The molecule has 0 aromatic heterocycles. The maximum absolute atomic E-state index is 13.0. The minimum atomic E-state index is -0.853. The molecule has 0 spiro atoms. The molecule has 1 saturated heterocycles. The molecule has 190 valence electrons. The zero-order valence-corrected chi connectivity index (χ0v) is 21.9. The average molecular weight is 527 g/mol. The molecule has 3 aromatic rings. The first-order valence-electron chi connectivity index (χ1n) is 12.2. The Balaban J connectivity index is 1.47. The monoisotopic (exact) mass is 526 g/mol. The van der Waals surface area contributed by atoms with E-state index < -0.39 is 11.7 Å². The normalized spacial score (nSPS) is 17.4. The zero-order valence-electron chi connectivity index (χ0n) is 20.4. The maximum atomic E-state index is 13.0. The van der Waals surface area contributed by atoms with Crippen molar-refractivity contribution in [2.75, 3.05) is 33.2 Å². The lowest BCUT2D eigenvalue weighted by atomic mass is 9.84. The lowest BCUT2D eigenvalue weighted by molar-refractivity contribution is -0.0367. The molecule has 3 aromatic carbocycles. The summed E-state index contributed by atoms with van der Waals surface area (Å²) in [4.78, 5) is 16.8. The summed E-state index contributed by atoms with van der Waals surface area (Å²) in [5.74, 6) is -0.480. The van der Waals surface area contributed by atoms with Crippen molar-refractivity contribution < 1.29 is 15.0 Å². The van der Waals surface area contributed by atoms with E-state index in [1.165, 1.54) is 0 Å². The largest absolute Gasteiger partial charge is 0.391 e. The number of hydrogen-bond acceptors (Lipinski definition) is 4. The van der Waals surface area contributed by atoms with Crippen LogP contribution in [0.3, 0.4) is 0 Å². The maximum Gasteiger partial charge on any atom is 0.253 e. The summed E-state index contributed by atoms with van der Waals surface area (Å²) in [6.45, 7) is 2.06.